The van der Waals surface area contributed by atoms with Gasteiger partial charge in [-0.15, -0.1) is 0 Å². The second-order valence-electron chi connectivity index (χ2n) is 14.3. The minimum Gasteiger partial charge on any atom is -0.480 e. The molecular weight excluding hydrogens is 654 g/mol. The molecule has 2 N–H and O–H groups in total. The SMILES string of the molecule is C[C@@H]1N(c2cc(C#CC3C=CN(C)N3)cnc2O[C@H]2C[C@@H](C(=O)O)N(c3nc(C4(C)COC4)nc4c3oc3ccccc34)C2)CCOC12COC2. The molecule has 1 spiro atoms. The summed E-state index contributed by atoms with van der Waals surface area (Å²) < 4.78 is 30.4. The zero-order valence-corrected chi connectivity index (χ0v) is 28.7. The number of hydrogen-bond donors (Lipinski definition) is 2. The van der Waals surface area contributed by atoms with Gasteiger partial charge in [-0.1, -0.05) is 24.0 Å². The van der Waals surface area contributed by atoms with E-state index in [9.17, 15) is 9.90 Å². The maximum Gasteiger partial charge on any atom is 0.326 e. The van der Waals surface area contributed by atoms with E-state index in [0.717, 1.165) is 16.6 Å². The molecule has 1 unspecified atom stereocenters. The normalized spacial score (nSPS) is 26.3. The Labute approximate surface area is 294 Å². The van der Waals surface area contributed by atoms with Crippen LogP contribution in [0.2, 0.25) is 0 Å². The summed E-state index contributed by atoms with van der Waals surface area (Å²) in [5.74, 6) is 6.99. The quantitative estimate of drug-likeness (QED) is 0.285. The van der Waals surface area contributed by atoms with E-state index in [-0.39, 0.29) is 25.0 Å². The third-order valence-corrected chi connectivity index (χ3v) is 10.7. The minimum absolute atomic E-state index is 0.0232. The van der Waals surface area contributed by atoms with E-state index >= 15 is 0 Å². The summed E-state index contributed by atoms with van der Waals surface area (Å²) in [4.78, 5) is 31.7. The van der Waals surface area contributed by atoms with Crippen LogP contribution in [0.3, 0.4) is 0 Å². The molecular formula is C37H39N7O7. The van der Waals surface area contributed by atoms with Crippen LogP contribution < -0.4 is 20.0 Å². The van der Waals surface area contributed by atoms with Crippen molar-refractivity contribution in [3.63, 3.8) is 0 Å². The Morgan fingerprint density at radius 3 is 2.69 bits per heavy atom. The van der Waals surface area contributed by atoms with E-state index in [1.54, 1.807) is 11.1 Å². The first kappa shape index (κ1) is 32.0. The first-order valence-corrected chi connectivity index (χ1v) is 17.3. The van der Waals surface area contributed by atoms with Crippen molar-refractivity contribution < 1.29 is 33.3 Å². The molecule has 4 fully saturated rings. The largest absolute Gasteiger partial charge is 0.480 e. The van der Waals surface area contributed by atoms with Gasteiger partial charge >= 0.3 is 5.97 Å². The van der Waals surface area contributed by atoms with Crippen molar-refractivity contribution in [2.75, 3.05) is 63.0 Å². The molecule has 4 saturated heterocycles. The van der Waals surface area contributed by atoms with Crippen molar-refractivity contribution in [2.45, 2.75) is 55.5 Å². The molecule has 264 valence electrons. The van der Waals surface area contributed by atoms with Gasteiger partial charge in [-0.05, 0) is 38.1 Å². The maximum atomic E-state index is 12.9. The number of hydrazine groups is 1. The number of para-hydroxylation sites is 1. The monoisotopic (exact) mass is 693 g/mol. The summed E-state index contributed by atoms with van der Waals surface area (Å²) in [7, 11) is 1.93. The van der Waals surface area contributed by atoms with Crippen molar-refractivity contribution in [1.29, 1.82) is 0 Å². The molecule has 0 saturated carbocycles. The van der Waals surface area contributed by atoms with Gasteiger partial charge in [0.05, 0.1) is 51.0 Å². The Morgan fingerprint density at radius 2 is 1.96 bits per heavy atom. The van der Waals surface area contributed by atoms with Crippen LogP contribution >= 0.6 is 0 Å². The summed E-state index contributed by atoms with van der Waals surface area (Å²) in [5, 5.41) is 13.3. The zero-order chi connectivity index (χ0) is 34.9. The first-order chi connectivity index (χ1) is 24.7. The van der Waals surface area contributed by atoms with Gasteiger partial charge in [-0.3, -0.25) is 0 Å². The Morgan fingerprint density at radius 1 is 1.14 bits per heavy atom. The van der Waals surface area contributed by atoms with Crippen LogP contribution in [0.25, 0.3) is 22.1 Å². The predicted molar refractivity (Wildman–Crippen MR) is 187 cm³/mol. The van der Waals surface area contributed by atoms with Crippen LogP contribution in [-0.2, 0) is 24.4 Å². The Balaban J connectivity index is 1.07. The van der Waals surface area contributed by atoms with E-state index in [0.29, 0.717) is 73.8 Å². The Hall–Kier alpha value is -4.94. The molecule has 4 aromatic rings. The fraction of sp³-hybridized carbons (Fsp3) is 0.459. The van der Waals surface area contributed by atoms with Crippen LogP contribution in [0.5, 0.6) is 5.88 Å². The molecule has 14 nitrogen and oxygen atoms in total. The maximum absolute atomic E-state index is 12.9. The zero-order valence-electron chi connectivity index (χ0n) is 28.7. The molecule has 8 heterocycles. The van der Waals surface area contributed by atoms with Crippen molar-refractivity contribution in [3.8, 4) is 17.7 Å². The van der Waals surface area contributed by atoms with Crippen LogP contribution in [0.15, 0.2) is 53.2 Å². The van der Waals surface area contributed by atoms with Crippen LogP contribution in [0, 0.1) is 11.8 Å². The predicted octanol–water partition coefficient (Wildman–Crippen LogP) is 2.85. The number of aromatic nitrogens is 3. The minimum atomic E-state index is -0.975. The number of morpholine rings is 1. The highest BCUT2D eigenvalue weighted by molar-refractivity contribution is 6.06. The molecule has 3 aromatic heterocycles. The highest BCUT2D eigenvalue weighted by Gasteiger charge is 2.50. The lowest BCUT2D eigenvalue weighted by atomic mass is 9.87. The summed E-state index contributed by atoms with van der Waals surface area (Å²) in [6.07, 6.45) is 5.33. The van der Waals surface area contributed by atoms with Crippen molar-refractivity contribution in [3.05, 3.63) is 60.2 Å². The van der Waals surface area contributed by atoms with E-state index in [4.69, 9.17) is 38.3 Å². The third kappa shape index (κ3) is 5.43. The molecule has 1 aromatic carbocycles. The number of benzene rings is 1. The van der Waals surface area contributed by atoms with E-state index in [1.165, 1.54) is 0 Å². The average Bonchev–Trinajstić information content (AvgIpc) is 3.82. The summed E-state index contributed by atoms with van der Waals surface area (Å²) in [5.41, 5.74) is 5.73. The van der Waals surface area contributed by atoms with Crippen molar-refractivity contribution in [1.82, 2.24) is 25.4 Å². The van der Waals surface area contributed by atoms with Crippen LogP contribution in [0.1, 0.15) is 31.7 Å². The fourth-order valence-corrected chi connectivity index (χ4v) is 7.56. The van der Waals surface area contributed by atoms with Crippen molar-refractivity contribution in [2.24, 2.45) is 0 Å². The van der Waals surface area contributed by atoms with E-state index in [2.05, 4.69) is 36.0 Å². The number of fused-ring (bicyclic) bond motifs is 3. The first-order valence-electron chi connectivity index (χ1n) is 17.3. The number of ether oxygens (including phenoxy) is 4. The number of furan rings is 1. The number of nitrogens with zero attached hydrogens (tertiary/aromatic N) is 6. The van der Waals surface area contributed by atoms with Gasteiger partial charge in [-0.2, -0.15) is 0 Å². The number of hydrogen-bond acceptors (Lipinski definition) is 13. The topological polar surface area (TPSA) is 148 Å². The number of nitrogens with one attached hydrogen (secondary N) is 1. The van der Waals surface area contributed by atoms with Crippen molar-refractivity contribution >= 4 is 39.5 Å². The highest BCUT2D eigenvalue weighted by atomic mass is 16.6. The number of carbonyl (C=O) groups is 1. The number of pyridine rings is 1. The van der Waals surface area contributed by atoms with Gasteiger partial charge < -0.3 is 43.3 Å². The molecule has 51 heavy (non-hydrogen) atoms. The smallest absolute Gasteiger partial charge is 0.326 e. The molecule has 9 rings (SSSR count). The van der Waals surface area contributed by atoms with Crippen LogP contribution in [0.4, 0.5) is 11.5 Å². The van der Waals surface area contributed by atoms with Gasteiger partial charge in [0.1, 0.15) is 46.4 Å². The lowest BCUT2D eigenvalue weighted by Gasteiger charge is -2.53. The van der Waals surface area contributed by atoms with E-state index in [1.807, 2.05) is 54.7 Å². The average molecular weight is 694 g/mol. The standard InChI is InChI=1S/C37H39N7O7/c1-22-37(20-48-21-37)49-13-12-43(22)27-14-23(8-9-24-10-11-42(3)41-24)16-38-33(27)50-25-15-28(34(45)46)44(17-25)32-31-30(26-6-4-5-7-29(26)51-31)39-35(40-32)36(2)18-47-19-36/h4-7,10-11,14,16,22,24-25,28,41H,12-13,15,17-21H2,1-3H3,(H,45,46)/t22-,24?,25-,28-/m0/s1. The summed E-state index contributed by atoms with van der Waals surface area (Å²) >= 11 is 0. The molecule has 14 heteroatoms. The summed E-state index contributed by atoms with van der Waals surface area (Å²) in [6, 6.07) is 8.63. The van der Waals surface area contributed by atoms with E-state index < -0.39 is 29.1 Å². The van der Waals surface area contributed by atoms with Crippen LogP contribution in [-0.4, -0.2) is 114 Å². The van der Waals surface area contributed by atoms with Gasteiger partial charge in [0.2, 0.25) is 5.88 Å². The molecule has 5 aliphatic rings. The lowest BCUT2D eigenvalue weighted by Crippen LogP contribution is -2.68. The number of anilines is 2. The molecule has 0 aliphatic carbocycles. The molecule has 4 atom stereocenters. The fourth-order valence-electron chi connectivity index (χ4n) is 7.56. The second-order valence-corrected chi connectivity index (χ2v) is 14.3. The summed E-state index contributed by atoms with van der Waals surface area (Å²) in [6.45, 7) is 7.58. The molecule has 0 radical (unpaired) electrons. The molecule has 0 bridgehead atoms. The van der Waals surface area contributed by atoms with Gasteiger partial charge in [0.15, 0.2) is 11.4 Å². The molecule has 5 aliphatic heterocycles. The number of carboxylic acids is 1. The van der Waals surface area contributed by atoms with Gasteiger partial charge in [0.25, 0.3) is 0 Å². The lowest BCUT2D eigenvalue weighted by molar-refractivity contribution is -0.228. The third-order valence-electron chi connectivity index (χ3n) is 10.7. The molecule has 0 amide bonds. The number of rotatable bonds is 6. The van der Waals surface area contributed by atoms with Gasteiger partial charge in [0, 0.05) is 43.4 Å². The number of carboxylic acid groups (broad SMARTS) is 1. The Kier molecular flexibility index (Phi) is 7.59. The Bertz CT molecular complexity index is 2120. The number of aliphatic carboxylic acids is 1. The highest BCUT2D eigenvalue weighted by Crippen LogP contribution is 2.42. The van der Waals surface area contributed by atoms with Gasteiger partial charge in [-0.25, -0.2) is 25.2 Å². The second kappa shape index (κ2) is 12.1.